The molecule has 1 rings (SSSR count). The normalized spacial score (nSPS) is 17.4. The fourth-order valence-electron chi connectivity index (χ4n) is 2.08. The molecule has 0 saturated carbocycles. The third kappa shape index (κ3) is 6.03. The highest BCUT2D eigenvalue weighted by atomic mass is 16.5. The smallest absolute Gasteiger partial charge is 0.223 e. The Morgan fingerprint density at radius 3 is 2.65 bits per heavy atom. The van der Waals surface area contributed by atoms with E-state index >= 15 is 0 Å². The zero-order valence-corrected chi connectivity index (χ0v) is 11.4. The molecule has 4 nitrogen and oxygen atoms in total. The Kier molecular flexibility index (Phi) is 6.52. The lowest BCUT2D eigenvalue weighted by Gasteiger charge is -2.27. The molecule has 1 heterocycles. The van der Waals surface area contributed by atoms with Gasteiger partial charge < -0.3 is 15.0 Å². The van der Waals surface area contributed by atoms with Gasteiger partial charge in [-0.15, -0.1) is 0 Å². The quantitative estimate of drug-likeness (QED) is 0.762. The molecule has 0 unspecified atom stereocenters. The maximum Gasteiger partial charge on any atom is 0.223 e. The molecule has 1 aliphatic heterocycles. The Labute approximate surface area is 105 Å². The van der Waals surface area contributed by atoms with Gasteiger partial charge in [0, 0.05) is 45.8 Å². The molecule has 1 N–H and O–H groups in total. The Balaban J connectivity index is 2.16. The Morgan fingerprint density at radius 1 is 1.41 bits per heavy atom. The van der Waals surface area contributed by atoms with Crippen LogP contribution >= 0.6 is 0 Å². The second-order valence-corrected chi connectivity index (χ2v) is 5.19. The summed E-state index contributed by atoms with van der Waals surface area (Å²) < 4.78 is 5.32. The molecule has 0 aromatic carbocycles. The summed E-state index contributed by atoms with van der Waals surface area (Å²) in [5, 5.41) is 3.27. The minimum atomic E-state index is 0.240. The van der Waals surface area contributed by atoms with E-state index in [1.165, 1.54) is 0 Å². The molecule has 0 aliphatic carbocycles. The van der Waals surface area contributed by atoms with Crippen LogP contribution in [0.3, 0.4) is 0 Å². The van der Waals surface area contributed by atoms with Crippen LogP contribution < -0.4 is 5.32 Å². The van der Waals surface area contributed by atoms with Crippen molar-refractivity contribution in [1.82, 2.24) is 10.2 Å². The average Bonchev–Trinajstić information content (AvgIpc) is 2.29. The van der Waals surface area contributed by atoms with Gasteiger partial charge >= 0.3 is 0 Å². The average molecular weight is 242 g/mol. The Bertz CT molecular complexity index is 225. The van der Waals surface area contributed by atoms with Crippen LogP contribution in [0.4, 0.5) is 0 Å². The third-order valence-corrected chi connectivity index (χ3v) is 3.19. The van der Waals surface area contributed by atoms with Gasteiger partial charge in [-0.25, -0.2) is 0 Å². The molecule has 1 amide bonds. The van der Waals surface area contributed by atoms with E-state index < -0.39 is 0 Å². The summed E-state index contributed by atoms with van der Waals surface area (Å²) in [6.45, 7) is 7.54. The number of rotatable bonds is 6. The first kappa shape index (κ1) is 14.5. The van der Waals surface area contributed by atoms with Crippen LogP contribution in [0.15, 0.2) is 0 Å². The number of hydrogen-bond donors (Lipinski definition) is 1. The predicted octanol–water partition coefficient (Wildman–Crippen LogP) is 1.26. The van der Waals surface area contributed by atoms with Crippen molar-refractivity contribution in [2.45, 2.75) is 39.2 Å². The van der Waals surface area contributed by atoms with E-state index in [0.29, 0.717) is 18.4 Å². The molecule has 0 bridgehead atoms. The van der Waals surface area contributed by atoms with Gasteiger partial charge in [-0.3, -0.25) is 4.79 Å². The fraction of sp³-hybridized carbons (Fsp3) is 0.923. The lowest BCUT2D eigenvalue weighted by Crippen LogP contribution is -2.36. The van der Waals surface area contributed by atoms with Crippen LogP contribution in [-0.4, -0.2) is 50.2 Å². The van der Waals surface area contributed by atoms with Crippen molar-refractivity contribution < 1.29 is 9.53 Å². The first-order chi connectivity index (χ1) is 8.09. The third-order valence-electron chi connectivity index (χ3n) is 3.19. The summed E-state index contributed by atoms with van der Waals surface area (Å²) in [5.74, 6) is 0.861. The zero-order chi connectivity index (χ0) is 12.7. The summed E-state index contributed by atoms with van der Waals surface area (Å²) in [5.41, 5.74) is 0. The van der Waals surface area contributed by atoms with E-state index in [1.807, 2.05) is 11.9 Å². The molecular weight excluding hydrogens is 216 g/mol. The summed E-state index contributed by atoms with van der Waals surface area (Å²) in [6, 6.07) is 0.448. The summed E-state index contributed by atoms with van der Waals surface area (Å²) in [7, 11) is 1.91. The summed E-state index contributed by atoms with van der Waals surface area (Å²) in [6.07, 6.45) is 2.77. The van der Waals surface area contributed by atoms with E-state index in [0.717, 1.165) is 39.1 Å². The second kappa shape index (κ2) is 7.67. The van der Waals surface area contributed by atoms with Crippen LogP contribution in [0.25, 0.3) is 0 Å². The maximum atomic E-state index is 11.9. The Hall–Kier alpha value is -0.610. The van der Waals surface area contributed by atoms with Gasteiger partial charge in [0.25, 0.3) is 0 Å². The summed E-state index contributed by atoms with van der Waals surface area (Å²) in [4.78, 5) is 13.7. The van der Waals surface area contributed by atoms with Crippen LogP contribution in [0, 0.1) is 5.92 Å². The van der Waals surface area contributed by atoms with Crippen molar-refractivity contribution in [3.63, 3.8) is 0 Å². The van der Waals surface area contributed by atoms with Crippen LogP contribution in [0.2, 0.25) is 0 Å². The first-order valence-corrected chi connectivity index (χ1v) is 6.64. The lowest BCUT2D eigenvalue weighted by molar-refractivity contribution is -0.130. The molecule has 0 spiro atoms. The van der Waals surface area contributed by atoms with Gasteiger partial charge in [-0.1, -0.05) is 13.8 Å². The molecule has 17 heavy (non-hydrogen) atoms. The molecule has 0 atom stereocenters. The van der Waals surface area contributed by atoms with Crippen molar-refractivity contribution in [3.05, 3.63) is 0 Å². The van der Waals surface area contributed by atoms with E-state index in [2.05, 4.69) is 19.2 Å². The molecular formula is C13H26N2O2. The first-order valence-electron chi connectivity index (χ1n) is 6.64. The Morgan fingerprint density at radius 2 is 2.06 bits per heavy atom. The van der Waals surface area contributed by atoms with Gasteiger partial charge in [0.1, 0.15) is 0 Å². The van der Waals surface area contributed by atoms with E-state index in [1.54, 1.807) is 0 Å². The maximum absolute atomic E-state index is 11.9. The molecule has 0 aromatic rings. The second-order valence-electron chi connectivity index (χ2n) is 5.19. The van der Waals surface area contributed by atoms with Crippen LogP contribution in [-0.2, 0) is 9.53 Å². The number of nitrogens with zero attached hydrogens (tertiary/aromatic N) is 1. The molecule has 1 saturated heterocycles. The van der Waals surface area contributed by atoms with Gasteiger partial charge in [-0.05, 0) is 18.8 Å². The predicted molar refractivity (Wildman–Crippen MR) is 68.9 cm³/mol. The standard InChI is InChI=1S/C13H26N2O2/c1-11(2)14-7-4-13(16)15(3)10-12-5-8-17-9-6-12/h11-12,14H,4-10H2,1-3H3. The number of carbonyl (C=O) groups excluding carboxylic acids is 1. The van der Waals surface area contributed by atoms with E-state index in [-0.39, 0.29) is 5.91 Å². The van der Waals surface area contributed by atoms with E-state index in [9.17, 15) is 4.79 Å². The van der Waals surface area contributed by atoms with Gasteiger partial charge in [-0.2, -0.15) is 0 Å². The molecule has 0 radical (unpaired) electrons. The lowest BCUT2D eigenvalue weighted by atomic mass is 10.00. The number of amides is 1. The minimum Gasteiger partial charge on any atom is -0.381 e. The number of ether oxygens (including phenoxy) is 1. The highest BCUT2D eigenvalue weighted by Gasteiger charge is 2.18. The van der Waals surface area contributed by atoms with Crippen molar-refractivity contribution in [2.24, 2.45) is 5.92 Å². The van der Waals surface area contributed by atoms with Gasteiger partial charge in [0.2, 0.25) is 5.91 Å². The number of nitrogens with one attached hydrogen (secondary N) is 1. The topological polar surface area (TPSA) is 41.6 Å². The van der Waals surface area contributed by atoms with E-state index in [4.69, 9.17) is 4.74 Å². The molecule has 1 aliphatic rings. The molecule has 100 valence electrons. The molecule has 0 aromatic heterocycles. The molecule has 1 fully saturated rings. The van der Waals surface area contributed by atoms with Crippen molar-refractivity contribution in [3.8, 4) is 0 Å². The number of carbonyl (C=O) groups is 1. The van der Waals surface area contributed by atoms with Crippen LogP contribution in [0.1, 0.15) is 33.1 Å². The fourth-order valence-corrected chi connectivity index (χ4v) is 2.08. The van der Waals surface area contributed by atoms with Crippen LogP contribution in [0.5, 0.6) is 0 Å². The largest absolute Gasteiger partial charge is 0.381 e. The molecule has 4 heteroatoms. The highest BCUT2D eigenvalue weighted by molar-refractivity contribution is 5.76. The van der Waals surface area contributed by atoms with Crippen molar-refractivity contribution in [2.75, 3.05) is 33.4 Å². The van der Waals surface area contributed by atoms with Gasteiger partial charge in [0.15, 0.2) is 0 Å². The highest BCUT2D eigenvalue weighted by Crippen LogP contribution is 2.15. The summed E-state index contributed by atoms with van der Waals surface area (Å²) >= 11 is 0. The monoisotopic (exact) mass is 242 g/mol. The minimum absolute atomic E-state index is 0.240. The zero-order valence-electron chi connectivity index (χ0n) is 11.4. The SMILES string of the molecule is CC(C)NCCC(=O)N(C)CC1CCOCC1. The number of hydrogen-bond acceptors (Lipinski definition) is 3. The van der Waals surface area contributed by atoms with Crippen molar-refractivity contribution >= 4 is 5.91 Å². The van der Waals surface area contributed by atoms with Gasteiger partial charge in [0.05, 0.1) is 0 Å². The van der Waals surface area contributed by atoms with Crippen molar-refractivity contribution in [1.29, 1.82) is 0 Å².